The number of hydrogen-bond donors (Lipinski definition) is 0. The van der Waals surface area contributed by atoms with Gasteiger partial charge in [-0.3, -0.25) is 4.90 Å². The summed E-state index contributed by atoms with van der Waals surface area (Å²) in [6.45, 7) is 2.37. The molecule has 2 unspecified atom stereocenters. The molecule has 30 heavy (non-hydrogen) atoms. The highest BCUT2D eigenvalue weighted by atomic mass is 16.6. The lowest BCUT2D eigenvalue weighted by molar-refractivity contribution is -0.0342. The van der Waals surface area contributed by atoms with Crippen LogP contribution in [0.4, 0.5) is 4.79 Å². The number of amides is 1. The van der Waals surface area contributed by atoms with Gasteiger partial charge >= 0.3 is 6.09 Å². The zero-order valence-electron chi connectivity index (χ0n) is 17.2. The van der Waals surface area contributed by atoms with Crippen molar-refractivity contribution < 1.29 is 23.7 Å². The summed E-state index contributed by atoms with van der Waals surface area (Å²) in [4.78, 5) is 14.6. The van der Waals surface area contributed by atoms with E-state index in [9.17, 15) is 4.79 Å². The number of carbonyl (C=O) groups is 1. The second kappa shape index (κ2) is 9.78. The fraction of sp³-hybridized carbons (Fsp3) is 0.375. The predicted octanol–water partition coefficient (Wildman–Crippen LogP) is 3.91. The summed E-state index contributed by atoms with van der Waals surface area (Å²) in [6, 6.07) is 17.7. The second-order valence-corrected chi connectivity index (χ2v) is 7.47. The van der Waals surface area contributed by atoms with Gasteiger partial charge in [0.25, 0.3) is 0 Å². The van der Waals surface area contributed by atoms with Crippen LogP contribution < -0.4 is 4.74 Å². The van der Waals surface area contributed by atoms with E-state index in [0.717, 1.165) is 23.3 Å². The van der Waals surface area contributed by atoms with Crippen molar-refractivity contribution >= 4 is 11.7 Å². The first-order valence-electron chi connectivity index (χ1n) is 10.2. The monoisotopic (exact) mass is 409 g/mol. The Kier molecular flexibility index (Phi) is 6.67. The van der Waals surface area contributed by atoms with Gasteiger partial charge in [0.2, 0.25) is 0 Å². The van der Waals surface area contributed by atoms with Crippen LogP contribution >= 0.6 is 0 Å². The molecule has 0 N–H and O–H groups in total. The van der Waals surface area contributed by atoms with E-state index in [1.807, 2.05) is 47.4 Å². The molecule has 2 heterocycles. The molecule has 1 amide bonds. The van der Waals surface area contributed by atoms with Gasteiger partial charge in [-0.15, -0.1) is 0 Å². The standard InChI is InChI=1S/C24H27NO5/c1-27-11-12-29-23-9-7-19(8-10-23)20-13-21-16-28-17-22(14-20)25(21)24(26)30-15-18-5-3-2-4-6-18/h2-10,13,21-22H,11-12,14-17H2,1H3. The van der Waals surface area contributed by atoms with Gasteiger partial charge in [0.05, 0.1) is 31.9 Å². The van der Waals surface area contributed by atoms with Crippen LogP contribution in [0.1, 0.15) is 17.5 Å². The fourth-order valence-electron chi connectivity index (χ4n) is 3.90. The number of fused-ring (bicyclic) bond motifs is 2. The summed E-state index contributed by atoms with van der Waals surface area (Å²) < 4.78 is 21.9. The molecule has 0 saturated carbocycles. The van der Waals surface area contributed by atoms with E-state index in [1.54, 1.807) is 7.11 Å². The van der Waals surface area contributed by atoms with Crippen molar-refractivity contribution in [2.75, 3.05) is 33.5 Å². The molecular formula is C24H27NO5. The lowest BCUT2D eigenvalue weighted by Gasteiger charge is -2.43. The summed E-state index contributed by atoms with van der Waals surface area (Å²) in [7, 11) is 1.66. The lowest BCUT2D eigenvalue weighted by atomic mass is 9.90. The molecule has 2 aromatic carbocycles. The van der Waals surface area contributed by atoms with Crippen LogP contribution in [0.5, 0.6) is 5.75 Å². The molecule has 158 valence electrons. The quantitative estimate of drug-likeness (QED) is 0.649. The number of carbonyl (C=O) groups excluding carboxylic acids is 1. The molecule has 6 heteroatoms. The Labute approximate surface area is 177 Å². The number of ether oxygens (including phenoxy) is 4. The Morgan fingerprint density at radius 1 is 1.07 bits per heavy atom. The van der Waals surface area contributed by atoms with Gasteiger partial charge in [0, 0.05) is 7.11 Å². The molecule has 2 aliphatic rings. The van der Waals surface area contributed by atoms with E-state index in [-0.39, 0.29) is 24.8 Å². The summed E-state index contributed by atoms with van der Waals surface area (Å²) in [5, 5.41) is 0. The zero-order valence-corrected chi connectivity index (χ0v) is 17.2. The van der Waals surface area contributed by atoms with Crippen molar-refractivity contribution in [1.82, 2.24) is 4.90 Å². The van der Waals surface area contributed by atoms with Gasteiger partial charge in [-0.1, -0.05) is 48.5 Å². The molecule has 0 aromatic heterocycles. The van der Waals surface area contributed by atoms with E-state index in [1.165, 1.54) is 5.57 Å². The lowest BCUT2D eigenvalue weighted by Crippen LogP contribution is -2.56. The van der Waals surface area contributed by atoms with Gasteiger partial charge in [-0.2, -0.15) is 0 Å². The van der Waals surface area contributed by atoms with Crippen LogP contribution in [-0.4, -0.2) is 56.6 Å². The van der Waals surface area contributed by atoms with E-state index >= 15 is 0 Å². The van der Waals surface area contributed by atoms with Crippen molar-refractivity contribution in [3.63, 3.8) is 0 Å². The van der Waals surface area contributed by atoms with Crippen LogP contribution in [0, 0.1) is 0 Å². The average Bonchev–Trinajstić information content (AvgIpc) is 2.78. The molecule has 2 bridgehead atoms. The van der Waals surface area contributed by atoms with Crippen LogP contribution in [0.15, 0.2) is 60.7 Å². The van der Waals surface area contributed by atoms with Crippen LogP contribution in [0.3, 0.4) is 0 Å². The van der Waals surface area contributed by atoms with E-state index in [2.05, 4.69) is 18.2 Å². The van der Waals surface area contributed by atoms with Crippen molar-refractivity contribution in [2.45, 2.75) is 25.1 Å². The Bertz CT molecular complexity index is 865. The fourth-order valence-corrected chi connectivity index (χ4v) is 3.90. The normalized spacial score (nSPS) is 20.4. The van der Waals surface area contributed by atoms with Gasteiger partial charge < -0.3 is 18.9 Å². The number of nitrogens with zero attached hydrogens (tertiary/aromatic N) is 1. The Morgan fingerprint density at radius 3 is 2.60 bits per heavy atom. The van der Waals surface area contributed by atoms with Crippen LogP contribution in [-0.2, 0) is 20.8 Å². The first-order valence-corrected chi connectivity index (χ1v) is 10.2. The van der Waals surface area contributed by atoms with Crippen LogP contribution in [0.25, 0.3) is 5.57 Å². The molecule has 1 saturated heterocycles. The smallest absolute Gasteiger partial charge is 0.411 e. The van der Waals surface area contributed by atoms with Crippen molar-refractivity contribution in [3.05, 3.63) is 71.8 Å². The molecular weight excluding hydrogens is 382 g/mol. The van der Waals surface area contributed by atoms with Crippen LogP contribution in [0.2, 0.25) is 0 Å². The van der Waals surface area contributed by atoms with Gasteiger partial charge in [0.1, 0.15) is 19.0 Å². The predicted molar refractivity (Wildman–Crippen MR) is 113 cm³/mol. The molecule has 2 aliphatic heterocycles. The maximum absolute atomic E-state index is 12.8. The molecule has 0 radical (unpaired) electrons. The highest BCUT2D eigenvalue weighted by Gasteiger charge is 2.39. The molecule has 1 fully saturated rings. The largest absolute Gasteiger partial charge is 0.491 e. The van der Waals surface area contributed by atoms with E-state index in [4.69, 9.17) is 18.9 Å². The maximum atomic E-state index is 12.8. The minimum Gasteiger partial charge on any atom is -0.491 e. The van der Waals surface area contributed by atoms with Gasteiger partial charge in [0.15, 0.2) is 0 Å². The maximum Gasteiger partial charge on any atom is 0.411 e. The number of hydrogen-bond acceptors (Lipinski definition) is 5. The highest BCUT2D eigenvalue weighted by Crippen LogP contribution is 2.33. The third kappa shape index (κ3) is 4.83. The SMILES string of the molecule is COCCOc1ccc(C2=CC3COCC(C2)N3C(=O)OCc2ccccc2)cc1. The first-order chi connectivity index (χ1) is 14.7. The summed E-state index contributed by atoms with van der Waals surface area (Å²) in [5.41, 5.74) is 3.35. The number of methoxy groups -OCH3 is 1. The van der Waals surface area contributed by atoms with E-state index in [0.29, 0.717) is 26.4 Å². The minimum atomic E-state index is -0.283. The molecule has 0 aliphatic carbocycles. The Hall–Kier alpha value is -2.83. The molecule has 2 atom stereocenters. The number of morpholine rings is 1. The average molecular weight is 409 g/mol. The summed E-state index contributed by atoms with van der Waals surface area (Å²) in [6.07, 6.45) is 2.58. The van der Waals surface area contributed by atoms with Gasteiger partial charge in [-0.05, 0) is 35.3 Å². The third-order valence-corrected chi connectivity index (χ3v) is 5.40. The zero-order chi connectivity index (χ0) is 20.8. The van der Waals surface area contributed by atoms with Gasteiger partial charge in [-0.25, -0.2) is 4.79 Å². The number of benzene rings is 2. The first kappa shape index (κ1) is 20.4. The Balaban J connectivity index is 1.42. The van der Waals surface area contributed by atoms with E-state index < -0.39 is 0 Å². The van der Waals surface area contributed by atoms with Crippen molar-refractivity contribution in [3.8, 4) is 5.75 Å². The summed E-state index contributed by atoms with van der Waals surface area (Å²) >= 11 is 0. The third-order valence-electron chi connectivity index (χ3n) is 5.40. The minimum absolute atomic E-state index is 0.0235. The molecule has 0 spiro atoms. The summed E-state index contributed by atoms with van der Waals surface area (Å²) in [5.74, 6) is 0.821. The Morgan fingerprint density at radius 2 is 1.87 bits per heavy atom. The number of rotatable bonds is 7. The molecule has 6 nitrogen and oxygen atoms in total. The van der Waals surface area contributed by atoms with Crippen molar-refractivity contribution in [2.24, 2.45) is 0 Å². The molecule has 2 aromatic rings. The highest BCUT2D eigenvalue weighted by molar-refractivity contribution is 5.74. The topological polar surface area (TPSA) is 57.2 Å². The van der Waals surface area contributed by atoms with Crippen molar-refractivity contribution in [1.29, 1.82) is 0 Å². The second-order valence-electron chi connectivity index (χ2n) is 7.47. The molecule has 4 rings (SSSR count).